The number of fused-ring (bicyclic) bond motifs is 1. The van der Waals surface area contributed by atoms with E-state index in [1.54, 1.807) is 27.3 Å². The topological polar surface area (TPSA) is 84.7 Å². The van der Waals surface area contributed by atoms with Crippen molar-refractivity contribution in [2.45, 2.75) is 32.4 Å². The largest absolute Gasteiger partial charge is 0.388 e. The first kappa shape index (κ1) is 20.2. The summed E-state index contributed by atoms with van der Waals surface area (Å²) in [6.45, 7) is 0.678. The van der Waals surface area contributed by atoms with Crippen molar-refractivity contribution < 1.29 is 4.39 Å². The molecule has 1 fully saturated rings. The Balaban J connectivity index is 1.67. The van der Waals surface area contributed by atoms with Crippen molar-refractivity contribution >= 4 is 16.9 Å². The Hall–Kier alpha value is -3.68. The maximum Gasteiger partial charge on any atom is 0.330 e. The lowest BCUT2D eigenvalue weighted by atomic mass is 10.1. The van der Waals surface area contributed by atoms with E-state index in [2.05, 4.69) is 10.3 Å². The number of nitrogens with one attached hydrogen (secondary N) is 2. The number of aromatic nitrogens is 4. The molecule has 32 heavy (non-hydrogen) atoms. The highest BCUT2D eigenvalue weighted by Gasteiger charge is 2.26. The van der Waals surface area contributed by atoms with E-state index >= 15 is 0 Å². The van der Waals surface area contributed by atoms with E-state index in [1.165, 1.54) is 6.07 Å². The van der Waals surface area contributed by atoms with Crippen LogP contribution in [0.1, 0.15) is 29.8 Å². The molecule has 4 aromatic rings. The summed E-state index contributed by atoms with van der Waals surface area (Å²) in [6, 6.07) is 14.4. The fraction of sp³-hybridized carbons (Fsp3) is 0.292. The fourth-order valence-corrected chi connectivity index (χ4v) is 4.02. The Morgan fingerprint density at radius 3 is 2.53 bits per heavy atom. The van der Waals surface area contributed by atoms with Gasteiger partial charge in [-0.15, -0.1) is 0 Å². The number of H-pyrrole nitrogens is 1. The summed E-state index contributed by atoms with van der Waals surface area (Å²) in [5.74, 6) is 0.693. The average Bonchev–Trinajstić information content (AvgIpc) is 3.54. The third-order valence-corrected chi connectivity index (χ3v) is 5.99. The quantitative estimate of drug-likeness (QED) is 0.469. The van der Waals surface area contributed by atoms with E-state index in [4.69, 9.17) is 4.98 Å². The van der Waals surface area contributed by atoms with Crippen molar-refractivity contribution in [2.24, 2.45) is 5.92 Å². The Labute approximate surface area is 183 Å². The molecule has 0 unspecified atom stereocenters. The number of halogens is 1. The Kier molecular flexibility index (Phi) is 5.13. The molecule has 1 aliphatic carbocycles. The highest BCUT2D eigenvalue weighted by molar-refractivity contribution is 5.71. The van der Waals surface area contributed by atoms with Gasteiger partial charge in [0.15, 0.2) is 11.2 Å². The summed E-state index contributed by atoms with van der Waals surface area (Å²) >= 11 is 0. The van der Waals surface area contributed by atoms with E-state index in [0.29, 0.717) is 41.4 Å². The number of hydrogen-bond acceptors (Lipinski definition) is 4. The van der Waals surface area contributed by atoms with Gasteiger partial charge in [-0.2, -0.15) is 0 Å². The van der Waals surface area contributed by atoms with Crippen molar-refractivity contribution in [2.75, 3.05) is 12.4 Å². The van der Waals surface area contributed by atoms with Gasteiger partial charge >= 0.3 is 5.69 Å². The van der Waals surface area contributed by atoms with Gasteiger partial charge in [0, 0.05) is 31.3 Å². The second-order valence-corrected chi connectivity index (χ2v) is 8.31. The zero-order valence-corrected chi connectivity index (χ0v) is 17.8. The number of aromatic amines is 1. The van der Waals surface area contributed by atoms with Gasteiger partial charge in [-0.05, 0) is 42.5 Å². The van der Waals surface area contributed by atoms with Gasteiger partial charge in [0.05, 0.1) is 6.54 Å². The first-order valence-corrected chi connectivity index (χ1v) is 10.8. The van der Waals surface area contributed by atoms with Crippen LogP contribution < -0.4 is 16.6 Å². The molecule has 5 rings (SSSR count). The van der Waals surface area contributed by atoms with Crippen molar-refractivity contribution in [1.82, 2.24) is 19.1 Å². The summed E-state index contributed by atoms with van der Waals surface area (Å²) < 4.78 is 17.8. The molecule has 2 aromatic heterocycles. The first-order valence-electron chi connectivity index (χ1n) is 10.8. The smallest absolute Gasteiger partial charge is 0.330 e. The molecule has 7 nitrogen and oxygen atoms in total. The minimum absolute atomic E-state index is 0.151. The van der Waals surface area contributed by atoms with Crippen molar-refractivity contribution in [3.63, 3.8) is 0 Å². The van der Waals surface area contributed by atoms with Crippen LogP contribution in [0.15, 0.2) is 58.1 Å². The fourth-order valence-electron chi connectivity index (χ4n) is 4.02. The zero-order chi connectivity index (χ0) is 22.2. The molecule has 0 bridgehead atoms. The van der Waals surface area contributed by atoms with E-state index in [9.17, 15) is 14.0 Å². The predicted octanol–water partition coefficient (Wildman–Crippen LogP) is 3.12. The average molecular weight is 433 g/mol. The van der Waals surface area contributed by atoms with Crippen molar-refractivity contribution in [3.05, 3.63) is 92.1 Å². The lowest BCUT2D eigenvalue weighted by molar-refractivity contribution is 0.597. The van der Waals surface area contributed by atoms with Gasteiger partial charge < -0.3 is 9.88 Å². The SMILES string of the molecule is CNc1ccc(Cc2nc3c(c(=O)[nH]c(=O)n3CC3CC3)n2Cc2ccccc2F)cc1. The lowest BCUT2D eigenvalue weighted by Crippen LogP contribution is -2.31. The third-order valence-electron chi connectivity index (χ3n) is 5.99. The highest BCUT2D eigenvalue weighted by Crippen LogP contribution is 2.31. The first-order chi connectivity index (χ1) is 15.5. The van der Waals surface area contributed by atoms with Gasteiger partial charge in [-0.25, -0.2) is 14.2 Å². The Bertz CT molecular complexity index is 1400. The molecule has 0 saturated heterocycles. The Morgan fingerprint density at radius 1 is 1.09 bits per heavy atom. The molecule has 1 aliphatic rings. The van der Waals surface area contributed by atoms with Crippen LogP contribution in [0.25, 0.3) is 11.2 Å². The number of hydrogen-bond donors (Lipinski definition) is 2. The van der Waals surface area contributed by atoms with Gasteiger partial charge in [0.25, 0.3) is 5.56 Å². The third kappa shape index (κ3) is 3.84. The van der Waals surface area contributed by atoms with E-state index < -0.39 is 11.2 Å². The molecule has 0 atom stereocenters. The van der Waals surface area contributed by atoms with Crippen LogP contribution >= 0.6 is 0 Å². The van der Waals surface area contributed by atoms with Crippen LogP contribution in [0.4, 0.5) is 10.1 Å². The molecule has 1 saturated carbocycles. The molecular formula is C24H24FN5O2. The number of imidazole rings is 1. The van der Waals surface area contributed by atoms with E-state index in [1.807, 2.05) is 31.3 Å². The van der Waals surface area contributed by atoms with E-state index in [0.717, 1.165) is 24.1 Å². The number of rotatable bonds is 7. The molecule has 164 valence electrons. The van der Waals surface area contributed by atoms with Gasteiger partial charge in [0.2, 0.25) is 0 Å². The Morgan fingerprint density at radius 2 is 1.84 bits per heavy atom. The molecule has 8 heteroatoms. The zero-order valence-electron chi connectivity index (χ0n) is 17.8. The normalized spacial score (nSPS) is 13.6. The van der Waals surface area contributed by atoms with Crippen molar-refractivity contribution in [1.29, 1.82) is 0 Å². The maximum absolute atomic E-state index is 14.5. The number of benzene rings is 2. The summed E-state index contributed by atoms with van der Waals surface area (Å²) in [4.78, 5) is 32.6. The summed E-state index contributed by atoms with van der Waals surface area (Å²) in [6.07, 6.45) is 2.57. The summed E-state index contributed by atoms with van der Waals surface area (Å²) in [7, 11) is 1.86. The highest BCUT2D eigenvalue weighted by atomic mass is 19.1. The van der Waals surface area contributed by atoms with Crippen LogP contribution in [0, 0.1) is 11.7 Å². The van der Waals surface area contributed by atoms with Crippen LogP contribution in [-0.2, 0) is 19.5 Å². The molecule has 2 aromatic carbocycles. The summed E-state index contributed by atoms with van der Waals surface area (Å²) in [5, 5.41) is 3.09. The van der Waals surface area contributed by atoms with Crippen LogP contribution in [0.5, 0.6) is 0 Å². The molecule has 0 radical (unpaired) electrons. The summed E-state index contributed by atoms with van der Waals surface area (Å²) in [5.41, 5.74) is 2.16. The van der Waals surface area contributed by atoms with Crippen molar-refractivity contribution in [3.8, 4) is 0 Å². The van der Waals surface area contributed by atoms with Gasteiger partial charge in [-0.1, -0.05) is 30.3 Å². The lowest BCUT2D eigenvalue weighted by Gasteiger charge is -2.11. The maximum atomic E-state index is 14.5. The standard InChI is InChI=1S/C24H24FN5O2/c1-26-18-10-8-15(9-11-18)12-20-27-22-21(29(20)14-17-4-2-3-5-19(17)25)23(31)28-24(32)30(22)13-16-6-7-16/h2-5,8-11,16,26H,6-7,12-14H2,1H3,(H,28,31,32). The molecule has 0 spiro atoms. The second-order valence-electron chi connectivity index (χ2n) is 8.31. The molecule has 0 amide bonds. The molecular weight excluding hydrogens is 409 g/mol. The number of nitrogens with zero attached hydrogens (tertiary/aromatic N) is 3. The molecule has 2 N–H and O–H groups in total. The van der Waals surface area contributed by atoms with Crippen LogP contribution in [0.3, 0.4) is 0 Å². The second kappa shape index (κ2) is 8.11. The van der Waals surface area contributed by atoms with E-state index in [-0.39, 0.29) is 12.4 Å². The predicted molar refractivity (Wildman–Crippen MR) is 122 cm³/mol. The minimum Gasteiger partial charge on any atom is -0.388 e. The molecule has 0 aliphatic heterocycles. The molecule has 2 heterocycles. The van der Waals surface area contributed by atoms with Crippen LogP contribution in [0.2, 0.25) is 0 Å². The van der Waals surface area contributed by atoms with Gasteiger partial charge in [-0.3, -0.25) is 14.3 Å². The van der Waals surface area contributed by atoms with Gasteiger partial charge in [0.1, 0.15) is 11.6 Å². The number of anilines is 1. The van der Waals surface area contributed by atoms with Crippen LogP contribution in [-0.4, -0.2) is 26.1 Å². The monoisotopic (exact) mass is 433 g/mol. The minimum atomic E-state index is -0.502.